The van der Waals surface area contributed by atoms with E-state index in [0.717, 1.165) is 30.5 Å². The highest BCUT2D eigenvalue weighted by molar-refractivity contribution is 5.96. The Balaban J connectivity index is 1.83. The van der Waals surface area contributed by atoms with E-state index in [1.54, 1.807) is 4.68 Å². The average molecular weight is 469 g/mol. The van der Waals surface area contributed by atoms with Crippen molar-refractivity contribution in [1.82, 2.24) is 19.6 Å². The summed E-state index contributed by atoms with van der Waals surface area (Å²) in [5, 5.41) is 4.41. The van der Waals surface area contributed by atoms with Gasteiger partial charge in [0.2, 0.25) is 5.91 Å². The average Bonchev–Trinajstić information content (AvgIpc) is 3.13. The third-order valence-corrected chi connectivity index (χ3v) is 6.52. The lowest BCUT2D eigenvalue weighted by Crippen LogP contribution is -2.45. The van der Waals surface area contributed by atoms with Gasteiger partial charge in [0.05, 0.1) is 17.3 Å². The normalized spacial score (nSPS) is 17.7. The summed E-state index contributed by atoms with van der Waals surface area (Å²) >= 11 is 0. The molecule has 0 saturated heterocycles. The molecule has 0 saturated carbocycles. The molecule has 0 fully saturated rings. The first-order valence-corrected chi connectivity index (χ1v) is 12.6. The Morgan fingerprint density at radius 2 is 1.94 bits per heavy atom. The van der Waals surface area contributed by atoms with Gasteiger partial charge in [-0.05, 0) is 63.1 Å². The molecule has 0 aliphatic carbocycles. The zero-order valence-corrected chi connectivity index (χ0v) is 21.4. The fourth-order valence-corrected chi connectivity index (χ4v) is 4.73. The maximum atomic E-state index is 13.5. The van der Waals surface area contributed by atoms with Crippen molar-refractivity contribution in [1.29, 1.82) is 0 Å². The van der Waals surface area contributed by atoms with Crippen molar-refractivity contribution in [3.8, 4) is 5.75 Å². The van der Waals surface area contributed by atoms with Gasteiger partial charge in [0.15, 0.2) is 0 Å². The Kier molecular flexibility index (Phi) is 9.13. The number of benzene rings is 1. The lowest BCUT2D eigenvalue weighted by Gasteiger charge is -2.34. The zero-order chi connectivity index (χ0) is 24.7. The van der Waals surface area contributed by atoms with Crippen LogP contribution in [-0.2, 0) is 18.3 Å². The molecule has 0 radical (unpaired) electrons. The van der Waals surface area contributed by atoms with E-state index in [1.807, 2.05) is 61.2 Å². The van der Waals surface area contributed by atoms with Gasteiger partial charge < -0.3 is 14.5 Å². The molecule has 2 aromatic rings. The van der Waals surface area contributed by atoms with Gasteiger partial charge in [0, 0.05) is 39.3 Å². The van der Waals surface area contributed by atoms with Crippen molar-refractivity contribution in [3.63, 3.8) is 0 Å². The van der Waals surface area contributed by atoms with Crippen molar-refractivity contribution in [2.24, 2.45) is 13.0 Å². The molecule has 34 heavy (non-hydrogen) atoms. The minimum Gasteiger partial charge on any atom is -0.491 e. The molecule has 0 bridgehead atoms. The van der Waals surface area contributed by atoms with Crippen LogP contribution in [0.3, 0.4) is 0 Å². The van der Waals surface area contributed by atoms with E-state index in [9.17, 15) is 9.59 Å². The van der Waals surface area contributed by atoms with Crippen LogP contribution in [0.2, 0.25) is 0 Å². The lowest BCUT2D eigenvalue weighted by molar-refractivity contribution is -0.134. The monoisotopic (exact) mass is 468 g/mol. The van der Waals surface area contributed by atoms with Gasteiger partial charge in [-0.25, -0.2) is 0 Å². The molecule has 7 heteroatoms. The highest BCUT2D eigenvalue weighted by Crippen LogP contribution is 2.24. The number of fused-ring (bicyclic) bond motifs is 1. The summed E-state index contributed by atoms with van der Waals surface area (Å²) in [6, 6.07) is 7.43. The second-order valence-corrected chi connectivity index (χ2v) is 9.68. The molecule has 0 spiro atoms. The first-order chi connectivity index (χ1) is 16.3. The molecule has 1 aromatic heterocycles. The van der Waals surface area contributed by atoms with Crippen LogP contribution in [0.25, 0.3) is 0 Å². The molecule has 1 aliphatic heterocycles. The van der Waals surface area contributed by atoms with Gasteiger partial charge >= 0.3 is 0 Å². The first kappa shape index (κ1) is 25.8. The van der Waals surface area contributed by atoms with Gasteiger partial charge in [0.1, 0.15) is 12.4 Å². The predicted octanol–water partition coefficient (Wildman–Crippen LogP) is 4.24. The number of carbonyl (C=O) groups is 2. The number of amides is 2. The number of aryl methyl sites for hydroxylation is 3. The zero-order valence-electron chi connectivity index (χ0n) is 21.4. The van der Waals surface area contributed by atoms with Crippen LogP contribution in [0.4, 0.5) is 0 Å². The van der Waals surface area contributed by atoms with Crippen molar-refractivity contribution in [2.45, 2.75) is 65.8 Å². The maximum Gasteiger partial charge on any atom is 0.257 e. The lowest BCUT2D eigenvalue weighted by atomic mass is 10.0. The SMILES string of the molecule is CCN1CCCCN(C(=O)CCc2cn(C)nc2C)[C@@H](CC(C)C)COc2ccccc2C1=O. The van der Waals surface area contributed by atoms with Gasteiger partial charge in [-0.15, -0.1) is 0 Å². The Labute approximate surface area is 204 Å². The number of para-hydroxylation sites is 1. The minimum atomic E-state index is -0.0349. The van der Waals surface area contributed by atoms with Crippen molar-refractivity contribution >= 4 is 11.8 Å². The fourth-order valence-electron chi connectivity index (χ4n) is 4.73. The van der Waals surface area contributed by atoms with Gasteiger partial charge in [0.25, 0.3) is 5.91 Å². The standard InChI is InChI=1S/C27H40N4O3/c1-6-30-15-9-10-16-31(26(32)14-13-22-18-29(5)28-21(22)4)23(17-20(2)3)19-34-25-12-8-7-11-24(25)27(30)33/h7-8,11-12,18,20,23H,6,9-10,13-17,19H2,1-5H3/t23-/m0/s1. The summed E-state index contributed by atoms with van der Waals surface area (Å²) in [6.07, 6.45) is 5.72. The summed E-state index contributed by atoms with van der Waals surface area (Å²) in [4.78, 5) is 30.5. The third-order valence-electron chi connectivity index (χ3n) is 6.52. The van der Waals surface area contributed by atoms with Crippen LogP contribution in [-0.4, -0.2) is 63.7 Å². The second-order valence-electron chi connectivity index (χ2n) is 9.68. The van der Waals surface area contributed by atoms with Crippen molar-refractivity contribution in [2.75, 3.05) is 26.2 Å². The number of hydrogen-bond donors (Lipinski definition) is 0. The van der Waals surface area contributed by atoms with E-state index in [2.05, 4.69) is 18.9 Å². The number of ether oxygens (including phenoxy) is 1. The fraction of sp³-hybridized carbons (Fsp3) is 0.593. The van der Waals surface area contributed by atoms with Crippen LogP contribution in [0, 0.1) is 12.8 Å². The number of carbonyl (C=O) groups excluding carboxylic acids is 2. The molecule has 7 nitrogen and oxygen atoms in total. The van der Waals surface area contributed by atoms with Crippen LogP contribution in [0.5, 0.6) is 5.75 Å². The van der Waals surface area contributed by atoms with E-state index >= 15 is 0 Å². The molecule has 2 amide bonds. The van der Waals surface area contributed by atoms with E-state index in [-0.39, 0.29) is 17.9 Å². The third kappa shape index (κ3) is 6.61. The molecule has 2 heterocycles. The van der Waals surface area contributed by atoms with Crippen molar-refractivity contribution in [3.05, 3.63) is 47.3 Å². The molecule has 3 rings (SSSR count). The van der Waals surface area contributed by atoms with Crippen LogP contribution >= 0.6 is 0 Å². The quantitative estimate of drug-likeness (QED) is 0.636. The Hall–Kier alpha value is -2.83. The molecule has 1 aliphatic rings. The Morgan fingerprint density at radius 3 is 2.62 bits per heavy atom. The van der Waals surface area contributed by atoms with E-state index in [4.69, 9.17) is 4.74 Å². The highest BCUT2D eigenvalue weighted by Gasteiger charge is 2.27. The van der Waals surface area contributed by atoms with Crippen LogP contribution < -0.4 is 4.74 Å². The Bertz CT molecular complexity index is 969. The van der Waals surface area contributed by atoms with Crippen molar-refractivity contribution < 1.29 is 14.3 Å². The summed E-state index contributed by atoms with van der Waals surface area (Å²) in [5.41, 5.74) is 2.69. The summed E-state index contributed by atoms with van der Waals surface area (Å²) < 4.78 is 8.05. The van der Waals surface area contributed by atoms with Gasteiger partial charge in [-0.2, -0.15) is 5.10 Å². The van der Waals surface area contributed by atoms with Gasteiger partial charge in [-0.1, -0.05) is 26.0 Å². The predicted molar refractivity (Wildman–Crippen MR) is 134 cm³/mol. The second kappa shape index (κ2) is 12.0. The maximum absolute atomic E-state index is 13.5. The van der Waals surface area contributed by atoms with E-state index < -0.39 is 0 Å². The molecule has 1 atom stereocenters. The molecule has 186 valence electrons. The molecule has 0 N–H and O–H groups in total. The van der Waals surface area contributed by atoms with Gasteiger partial charge in [-0.3, -0.25) is 14.3 Å². The highest BCUT2D eigenvalue weighted by atomic mass is 16.5. The number of hydrogen-bond acceptors (Lipinski definition) is 4. The smallest absolute Gasteiger partial charge is 0.257 e. The molecule has 0 unspecified atom stereocenters. The van der Waals surface area contributed by atoms with E-state index in [1.165, 1.54) is 0 Å². The first-order valence-electron chi connectivity index (χ1n) is 12.6. The summed E-state index contributed by atoms with van der Waals surface area (Å²) in [5.74, 6) is 1.19. The van der Waals surface area contributed by atoms with Crippen LogP contribution in [0.15, 0.2) is 30.5 Å². The molecule has 1 aromatic carbocycles. The molecular weight excluding hydrogens is 428 g/mol. The molecular formula is C27H40N4O3. The number of nitrogens with zero attached hydrogens (tertiary/aromatic N) is 4. The van der Waals surface area contributed by atoms with Crippen LogP contribution in [0.1, 0.15) is 68.1 Å². The summed E-state index contributed by atoms with van der Waals surface area (Å²) in [6.45, 7) is 10.7. The largest absolute Gasteiger partial charge is 0.491 e. The number of aromatic nitrogens is 2. The van der Waals surface area contributed by atoms with E-state index in [0.29, 0.717) is 56.3 Å². The number of rotatable bonds is 6. The Morgan fingerprint density at radius 1 is 1.21 bits per heavy atom. The minimum absolute atomic E-state index is 0.0128. The topological polar surface area (TPSA) is 67.7 Å². The summed E-state index contributed by atoms with van der Waals surface area (Å²) in [7, 11) is 1.91.